The van der Waals surface area contributed by atoms with Crippen molar-refractivity contribution in [3.8, 4) is 0 Å². The Morgan fingerprint density at radius 2 is 1.43 bits per heavy atom. The van der Waals surface area contributed by atoms with Gasteiger partial charge in [-0.15, -0.1) is 0 Å². The molecule has 2 aliphatic rings. The van der Waals surface area contributed by atoms with Crippen LogP contribution in [0.5, 0.6) is 0 Å². The lowest BCUT2D eigenvalue weighted by Crippen LogP contribution is -2.56. The van der Waals surface area contributed by atoms with E-state index in [4.69, 9.17) is 0 Å². The van der Waals surface area contributed by atoms with Crippen molar-refractivity contribution in [1.82, 2.24) is 14.7 Å². The quantitative estimate of drug-likeness (QED) is 0.758. The van der Waals surface area contributed by atoms with Crippen molar-refractivity contribution in [3.05, 3.63) is 71.3 Å². The van der Waals surface area contributed by atoms with Gasteiger partial charge >= 0.3 is 11.8 Å². The van der Waals surface area contributed by atoms with Gasteiger partial charge in [-0.05, 0) is 23.1 Å². The van der Waals surface area contributed by atoms with E-state index in [1.54, 1.807) is 9.80 Å². The van der Waals surface area contributed by atoms with Crippen molar-refractivity contribution in [1.29, 1.82) is 0 Å². The van der Waals surface area contributed by atoms with Crippen LogP contribution in [0.2, 0.25) is 0 Å². The zero-order valence-electron chi connectivity index (χ0n) is 15.7. The van der Waals surface area contributed by atoms with Crippen LogP contribution >= 0.6 is 0 Å². The Morgan fingerprint density at radius 3 is 2.21 bits per heavy atom. The summed E-state index contributed by atoms with van der Waals surface area (Å²) in [7, 11) is 0. The highest BCUT2D eigenvalue weighted by Crippen LogP contribution is 2.19. The van der Waals surface area contributed by atoms with Crippen LogP contribution < -0.4 is 0 Å². The summed E-state index contributed by atoms with van der Waals surface area (Å²) >= 11 is 0. The third-order valence-corrected chi connectivity index (χ3v) is 5.42. The third-order valence-electron chi connectivity index (χ3n) is 5.42. The molecule has 0 radical (unpaired) electrons. The van der Waals surface area contributed by atoms with Crippen molar-refractivity contribution in [2.75, 3.05) is 26.2 Å². The topological polar surface area (TPSA) is 60.9 Å². The van der Waals surface area contributed by atoms with Crippen LogP contribution in [-0.4, -0.2) is 58.6 Å². The molecule has 3 amide bonds. The molecule has 2 aromatic carbocycles. The number of amides is 3. The highest BCUT2D eigenvalue weighted by molar-refractivity contribution is 6.35. The standard InChI is InChI=1S/C22H23N3O3/c26-20(23-11-10-18-8-4-5-9-19(18)15-23)16-25-13-12-24(21(27)22(25)28)14-17-6-2-1-3-7-17/h1-9H,10-16H2. The molecule has 6 nitrogen and oxygen atoms in total. The predicted octanol–water partition coefficient (Wildman–Crippen LogP) is 1.44. The molecule has 1 saturated heterocycles. The van der Waals surface area contributed by atoms with E-state index in [1.165, 1.54) is 10.5 Å². The lowest BCUT2D eigenvalue weighted by Gasteiger charge is -2.35. The summed E-state index contributed by atoms with van der Waals surface area (Å²) in [5, 5.41) is 0. The van der Waals surface area contributed by atoms with E-state index in [2.05, 4.69) is 6.07 Å². The molecule has 0 unspecified atom stereocenters. The first-order valence-corrected chi connectivity index (χ1v) is 9.58. The van der Waals surface area contributed by atoms with Gasteiger partial charge in [-0.25, -0.2) is 0 Å². The molecule has 0 saturated carbocycles. The number of piperazine rings is 1. The average molecular weight is 377 g/mol. The lowest BCUT2D eigenvalue weighted by molar-refractivity contribution is -0.158. The third kappa shape index (κ3) is 3.76. The highest BCUT2D eigenvalue weighted by atomic mass is 16.2. The second-order valence-electron chi connectivity index (χ2n) is 7.27. The molecular formula is C22H23N3O3. The molecule has 1 fully saturated rings. The number of hydrogen-bond acceptors (Lipinski definition) is 3. The highest BCUT2D eigenvalue weighted by Gasteiger charge is 2.34. The summed E-state index contributed by atoms with van der Waals surface area (Å²) < 4.78 is 0. The zero-order chi connectivity index (χ0) is 19.5. The smallest absolute Gasteiger partial charge is 0.312 e. The van der Waals surface area contributed by atoms with Gasteiger partial charge in [0.1, 0.15) is 6.54 Å². The minimum atomic E-state index is -0.590. The van der Waals surface area contributed by atoms with Crippen molar-refractivity contribution in [2.45, 2.75) is 19.5 Å². The van der Waals surface area contributed by atoms with Crippen LogP contribution in [0.1, 0.15) is 16.7 Å². The molecule has 2 heterocycles. The maximum absolute atomic E-state index is 12.7. The van der Waals surface area contributed by atoms with Crippen LogP contribution in [0.4, 0.5) is 0 Å². The summed E-state index contributed by atoms with van der Waals surface area (Å²) in [6, 6.07) is 17.7. The van der Waals surface area contributed by atoms with Crippen molar-refractivity contribution in [3.63, 3.8) is 0 Å². The van der Waals surface area contributed by atoms with Gasteiger partial charge in [0, 0.05) is 32.7 Å². The molecule has 4 rings (SSSR count). The van der Waals surface area contributed by atoms with Crippen LogP contribution in [0.3, 0.4) is 0 Å². The number of carbonyl (C=O) groups is 3. The molecule has 144 valence electrons. The first kappa shape index (κ1) is 18.2. The maximum Gasteiger partial charge on any atom is 0.312 e. The SMILES string of the molecule is O=C(CN1CCN(Cc2ccccc2)C(=O)C1=O)N1CCc2ccccc2C1. The normalized spacial score (nSPS) is 16.9. The van der Waals surface area contributed by atoms with Crippen LogP contribution in [-0.2, 0) is 33.9 Å². The Balaban J connectivity index is 1.35. The van der Waals surface area contributed by atoms with Crippen LogP contribution in [0.15, 0.2) is 54.6 Å². The molecule has 0 atom stereocenters. The molecular weight excluding hydrogens is 354 g/mol. The Labute approximate surface area is 164 Å². The van der Waals surface area contributed by atoms with E-state index >= 15 is 0 Å². The van der Waals surface area contributed by atoms with Gasteiger partial charge in [0.25, 0.3) is 0 Å². The van der Waals surface area contributed by atoms with E-state index in [-0.39, 0.29) is 12.5 Å². The zero-order valence-corrected chi connectivity index (χ0v) is 15.7. The van der Waals surface area contributed by atoms with Gasteiger partial charge in [0.15, 0.2) is 0 Å². The fraction of sp³-hybridized carbons (Fsp3) is 0.318. The summed E-state index contributed by atoms with van der Waals surface area (Å²) in [4.78, 5) is 42.4. The lowest BCUT2D eigenvalue weighted by atomic mass is 10.00. The Kier molecular flexibility index (Phi) is 5.10. The summed E-state index contributed by atoms with van der Waals surface area (Å²) in [6.07, 6.45) is 0.819. The fourth-order valence-corrected chi connectivity index (χ4v) is 3.79. The van der Waals surface area contributed by atoms with Gasteiger partial charge in [-0.3, -0.25) is 14.4 Å². The number of fused-ring (bicyclic) bond motifs is 1. The Bertz CT molecular complexity index is 897. The molecule has 2 aromatic rings. The van der Waals surface area contributed by atoms with Gasteiger partial charge < -0.3 is 14.7 Å². The summed E-state index contributed by atoms with van der Waals surface area (Å²) in [5.41, 5.74) is 3.41. The van der Waals surface area contributed by atoms with E-state index in [0.717, 1.165) is 17.5 Å². The van der Waals surface area contributed by atoms with Crippen molar-refractivity contribution in [2.24, 2.45) is 0 Å². The molecule has 0 spiro atoms. The van der Waals surface area contributed by atoms with Gasteiger partial charge in [0.05, 0.1) is 0 Å². The monoisotopic (exact) mass is 377 g/mol. The molecule has 28 heavy (non-hydrogen) atoms. The number of rotatable bonds is 4. The molecule has 6 heteroatoms. The maximum atomic E-state index is 12.7. The predicted molar refractivity (Wildman–Crippen MR) is 104 cm³/mol. The second-order valence-corrected chi connectivity index (χ2v) is 7.27. The molecule has 0 bridgehead atoms. The largest absolute Gasteiger partial charge is 0.336 e. The number of hydrogen-bond donors (Lipinski definition) is 0. The van der Waals surface area contributed by atoms with E-state index in [9.17, 15) is 14.4 Å². The van der Waals surface area contributed by atoms with Gasteiger partial charge in [-0.1, -0.05) is 54.6 Å². The molecule has 0 aromatic heterocycles. The van der Waals surface area contributed by atoms with E-state index in [1.807, 2.05) is 48.5 Å². The van der Waals surface area contributed by atoms with Crippen molar-refractivity contribution < 1.29 is 14.4 Å². The van der Waals surface area contributed by atoms with Crippen LogP contribution in [0, 0.1) is 0 Å². The van der Waals surface area contributed by atoms with Gasteiger partial charge in [0.2, 0.25) is 5.91 Å². The second kappa shape index (κ2) is 7.84. The molecule has 0 aliphatic carbocycles. The molecule has 2 aliphatic heterocycles. The minimum absolute atomic E-state index is 0.0358. The minimum Gasteiger partial charge on any atom is -0.336 e. The van der Waals surface area contributed by atoms with E-state index in [0.29, 0.717) is 32.7 Å². The summed E-state index contributed by atoms with van der Waals surface area (Å²) in [5.74, 6) is -1.23. The first-order valence-electron chi connectivity index (χ1n) is 9.58. The van der Waals surface area contributed by atoms with Crippen molar-refractivity contribution >= 4 is 17.7 Å². The van der Waals surface area contributed by atoms with Gasteiger partial charge in [-0.2, -0.15) is 0 Å². The number of benzene rings is 2. The fourth-order valence-electron chi connectivity index (χ4n) is 3.79. The first-order chi connectivity index (χ1) is 13.6. The Hall–Kier alpha value is -3.15. The number of carbonyl (C=O) groups excluding carboxylic acids is 3. The number of nitrogens with zero attached hydrogens (tertiary/aromatic N) is 3. The Morgan fingerprint density at radius 1 is 0.786 bits per heavy atom. The summed E-state index contributed by atoms with van der Waals surface area (Å²) in [6.45, 7) is 2.41. The molecule has 0 N–H and O–H groups in total. The average Bonchev–Trinajstić information content (AvgIpc) is 2.74. The van der Waals surface area contributed by atoms with E-state index < -0.39 is 11.8 Å². The van der Waals surface area contributed by atoms with Crippen LogP contribution in [0.25, 0.3) is 0 Å².